The van der Waals surface area contributed by atoms with Crippen LogP contribution in [0.15, 0.2) is 41.8 Å². The summed E-state index contributed by atoms with van der Waals surface area (Å²) in [4.78, 5) is 12.9. The van der Waals surface area contributed by atoms with E-state index < -0.39 is 0 Å². The number of aryl methyl sites for hydroxylation is 1. The molecule has 94 valence electrons. The van der Waals surface area contributed by atoms with Gasteiger partial charge in [0.2, 0.25) is 0 Å². The topological polar surface area (TPSA) is 26.3 Å². The molecule has 1 aromatic carbocycles. The molecule has 2 rings (SSSR count). The van der Waals surface area contributed by atoms with Gasteiger partial charge in [0, 0.05) is 16.3 Å². The average molecular weight is 281 g/mol. The lowest BCUT2D eigenvalue weighted by Gasteiger charge is -2.03. The Kier molecular flexibility index (Phi) is 4.79. The number of carbonyl (C=O) groups is 1. The fourth-order valence-corrected chi connectivity index (χ4v) is 2.42. The molecule has 0 atom stereocenters. The molecule has 1 aromatic heterocycles. The smallest absolute Gasteiger partial charge is 0.311 e. The van der Waals surface area contributed by atoms with Crippen LogP contribution in [0.25, 0.3) is 0 Å². The van der Waals surface area contributed by atoms with Gasteiger partial charge in [0.25, 0.3) is 0 Å². The molecule has 0 saturated carbocycles. The van der Waals surface area contributed by atoms with Crippen LogP contribution in [0.4, 0.5) is 0 Å². The van der Waals surface area contributed by atoms with Crippen molar-refractivity contribution < 1.29 is 9.53 Å². The monoisotopic (exact) mass is 280 g/mol. The molecule has 0 unspecified atom stereocenters. The fourth-order valence-electron chi connectivity index (χ4n) is 1.55. The SMILES string of the molecule is O=C(CCCc1cccs1)Oc1ccc(Cl)cc1. The number of ether oxygens (including phenoxy) is 1. The van der Waals surface area contributed by atoms with E-state index >= 15 is 0 Å². The maximum atomic E-state index is 11.6. The maximum Gasteiger partial charge on any atom is 0.311 e. The number of hydrogen-bond donors (Lipinski definition) is 0. The first-order valence-corrected chi connectivity index (χ1v) is 6.98. The van der Waals surface area contributed by atoms with E-state index in [0.717, 1.165) is 12.8 Å². The third-order valence-corrected chi connectivity index (χ3v) is 3.62. The van der Waals surface area contributed by atoms with Crippen molar-refractivity contribution in [2.45, 2.75) is 19.3 Å². The largest absolute Gasteiger partial charge is 0.427 e. The molecule has 18 heavy (non-hydrogen) atoms. The van der Waals surface area contributed by atoms with Crippen molar-refractivity contribution in [2.24, 2.45) is 0 Å². The zero-order valence-electron chi connectivity index (χ0n) is 9.77. The first kappa shape index (κ1) is 13.1. The summed E-state index contributed by atoms with van der Waals surface area (Å²) in [6.45, 7) is 0. The van der Waals surface area contributed by atoms with E-state index in [1.807, 2.05) is 11.4 Å². The average Bonchev–Trinajstić information content (AvgIpc) is 2.85. The zero-order valence-corrected chi connectivity index (χ0v) is 11.3. The molecule has 0 aliphatic carbocycles. The Balaban J connectivity index is 1.73. The van der Waals surface area contributed by atoms with Gasteiger partial charge in [-0.2, -0.15) is 0 Å². The third kappa shape index (κ3) is 4.17. The van der Waals surface area contributed by atoms with Crippen LogP contribution in [-0.2, 0) is 11.2 Å². The predicted molar refractivity (Wildman–Crippen MR) is 74.3 cm³/mol. The second-order valence-electron chi connectivity index (χ2n) is 3.86. The van der Waals surface area contributed by atoms with Crippen molar-refractivity contribution in [3.8, 4) is 5.75 Å². The lowest BCUT2D eigenvalue weighted by molar-refractivity contribution is -0.134. The van der Waals surface area contributed by atoms with E-state index in [0.29, 0.717) is 17.2 Å². The van der Waals surface area contributed by atoms with Crippen LogP contribution in [0, 0.1) is 0 Å². The number of carbonyl (C=O) groups excluding carboxylic acids is 1. The molecule has 0 bridgehead atoms. The number of halogens is 1. The van der Waals surface area contributed by atoms with Gasteiger partial charge in [-0.25, -0.2) is 0 Å². The maximum absolute atomic E-state index is 11.6. The summed E-state index contributed by atoms with van der Waals surface area (Å²) in [6, 6.07) is 10.9. The van der Waals surface area contributed by atoms with Gasteiger partial charge in [-0.3, -0.25) is 4.79 Å². The van der Waals surface area contributed by atoms with Gasteiger partial charge in [-0.05, 0) is 48.6 Å². The second kappa shape index (κ2) is 6.57. The summed E-state index contributed by atoms with van der Waals surface area (Å²) in [5.74, 6) is 0.342. The van der Waals surface area contributed by atoms with Crippen molar-refractivity contribution >= 4 is 28.9 Å². The van der Waals surface area contributed by atoms with Crippen molar-refractivity contribution in [1.29, 1.82) is 0 Å². The summed E-state index contributed by atoms with van der Waals surface area (Å²) in [5.41, 5.74) is 0. The lowest BCUT2D eigenvalue weighted by Crippen LogP contribution is -2.07. The lowest BCUT2D eigenvalue weighted by atomic mass is 10.2. The van der Waals surface area contributed by atoms with Gasteiger partial charge >= 0.3 is 5.97 Å². The summed E-state index contributed by atoms with van der Waals surface area (Å²) >= 11 is 7.46. The van der Waals surface area contributed by atoms with Gasteiger partial charge in [0.1, 0.15) is 5.75 Å². The van der Waals surface area contributed by atoms with E-state index in [9.17, 15) is 4.79 Å². The van der Waals surface area contributed by atoms with Crippen LogP contribution in [0.3, 0.4) is 0 Å². The molecular weight excluding hydrogens is 268 g/mol. The van der Waals surface area contributed by atoms with Gasteiger partial charge in [0.05, 0.1) is 0 Å². The minimum Gasteiger partial charge on any atom is -0.427 e. The van der Waals surface area contributed by atoms with E-state index in [1.165, 1.54) is 4.88 Å². The fraction of sp³-hybridized carbons (Fsp3) is 0.214. The Morgan fingerprint density at radius 2 is 2.00 bits per heavy atom. The molecule has 0 N–H and O–H groups in total. The highest BCUT2D eigenvalue weighted by atomic mass is 35.5. The molecule has 0 aliphatic heterocycles. The Hall–Kier alpha value is -1.32. The summed E-state index contributed by atoms with van der Waals surface area (Å²) in [5, 5.41) is 2.67. The van der Waals surface area contributed by atoms with Crippen LogP contribution >= 0.6 is 22.9 Å². The predicted octanol–water partition coefficient (Wildman–Crippen LogP) is 4.33. The van der Waals surface area contributed by atoms with Gasteiger partial charge in [0.15, 0.2) is 0 Å². The molecule has 0 spiro atoms. The first-order chi connectivity index (χ1) is 8.74. The molecule has 0 amide bonds. The van der Waals surface area contributed by atoms with Crippen LogP contribution in [0.2, 0.25) is 5.02 Å². The highest BCUT2D eigenvalue weighted by Gasteiger charge is 2.05. The standard InChI is InChI=1S/C14H13ClO2S/c15-11-6-8-12(9-7-11)17-14(16)5-1-3-13-4-2-10-18-13/h2,4,6-10H,1,3,5H2. The van der Waals surface area contributed by atoms with Crippen molar-refractivity contribution in [3.63, 3.8) is 0 Å². The second-order valence-corrected chi connectivity index (χ2v) is 5.33. The third-order valence-electron chi connectivity index (χ3n) is 2.43. The number of hydrogen-bond acceptors (Lipinski definition) is 3. The van der Waals surface area contributed by atoms with Crippen molar-refractivity contribution in [3.05, 3.63) is 51.7 Å². The molecule has 4 heteroatoms. The molecular formula is C14H13ClO2S. The van der Waals surface area contributed by atoms with Crippen molar-refractivity contribution in [1.82, 2.24) is 0 Å². The molecule has 0 saturated heterocycles. The van der Waals surface area contributed by atoms with Crippen LogP contribution < -0.4 is 4.74 Å². The van der Waals surface area contributed by atoms with Gasteiger partial charge < -0.3 is 4.74 Å². The number of rotatable bonds is 5. The Bertz CT molecular complexity index is 491. The highest BCUT2D eigenvalue weighted by molar-refractivity contribution is 7.09. The summed E-state index contributed by atoms with van der Waals surface area (Å²) in [7, 11) is 0. The van der Waals surface area contributed by atoms with Crippen LogP contribution in [0.5, 0.6) is 5.75 Å². The van der Waals surface area contributed by atoms with E-state index in [1.54, 1.807) is 35.6 Å². The minimum absolute atomic E-state index is 0.200. The van der Waals surface area contributed by atoms with Gasteiger partial charge in [-0.15, -0.1) is 11.3 Å². The summed E-state index contributed by atoms with van der Waals surface area (Å²) < 4.78 is 5.19. The Morgan fingerprint density at radius 1 is 1.22 bits per heavy atom. The van der Waals surface area contributed by atoms with E-state index in [4.69, 9.17) is 16.3 Å². The Morgan fingerprint density at radius 3 is 2.67 bits per heavy atom. The zero-order chi connectivity index (χ0) is 12.8. The van der Waals surface area contributed by atoms with Crippen molar-refractivity contribution in [2.75, 3.05) is 0 Å². The first-order valence-electron chi connectivity index (χ1n) is 5.72. The molecule has 0 fully saturated rings. The van der Waals surface area contributed by atoms with E-state index in [2.05, 4.69) is 6.07 Å². The van der Waals surface area contributed by atoms with Gasteiger partial charge in [-0.1, -0.05) is 17.7 Å². The number of esters is 1. The minimum atomic E-state index is -0.200. The molecule has 2 aromatic rings. The molecule has 1 heterocycles. The Labute approximate surface area is 115 Å². The molecule has 0 radical (unpaired) electrons. The number of benzene rings is 1. The summed E-state index contributed by atoms with van der Waals surface area (Å²) in [6.07, 6.45) is 2.17. The van der Waals surface area contributed by atoms with E-state index in [-0.39, 0.29) is 5.97 Å². The normalized spacial score (nSPS) is 10.3. The van der Waals surface area contributed by atoms with Crippen LogP contribution in [-0.4, -0.2) is 5.97 Å². The quantitative estimate of drug-likeness (QED) is 0.602. The molecule has 2 nitrogen and oxygen atoms in total. The molecule has 0 aliphatic rings. The highest BCUT2D eigenvalue weighted by Crippen LogP contribution is 2.17. The number of thiophene rings is 1. The van der Waals surface area contributed by atoms with Crippen LogP contribution in [0.1, 0.15) is 17.7 Å².